The molecule has 8 heteroatoms. The first kappa shape index (κ1) is 17.4. The van der Waals surface area contributed by atoms with Gasteiger partial charge in [0.1, 0.15) is 5.75 Å². The highest BCUT2D eigenvalue weighted by molar-refractivity contribution is 5.94. The van der Waals surface area contributed by atoms with Crippen molar-refractivity contribution in [1.82, 2.24) is 19.7 Å². The lowest BCUT2D eigenvalue weighted by atomic mass is 10.1. The van der Waals surface area contributed by atoms with Crippen molar-refractivity contribution < 1.29 is 18.3 Å². The average Bonchev–Trinajstić information content (AvgIpc) is 3.10. The molecule has 0 unspecified atom stereocenters. The molecule has 1 saturated heterocycles. The Bertz CT molecular complexity index is 975. The number of halogens is 2. The highest BCUT2D eigenvalue weighted by Crippen LogP contribution is 2.28. The molecule has 6 nitrogen and oxygen atoms in total. The molecule has 140 valence electrons. The second-order valence-corrected chi connectivity index (χ2v) is 6.55. The molecule has 1 aromatic carbocycles. The lowest BCUT2D eigenvalue weighted by Gasteiger charge is -2.31. The summed E-state index contributed by atoms with van der Waals surface area (Å²) in [7, 11) is 1.60. The number of hydrogen-bond donors (Lipinski definition) is 0. The minimum atomic E-state index is -2.68. The molecule has 1 aliphatic heterocycles. The number of benzene rings is 1. The Kier molecular flexibility index (Phi) is 4.25. The number of ether oxygens (including phenoxy) is 1. The molecule has 27 heavy (non-hydrogen) atoms. The standard InChI is InChI=1S/C19H18F2N4O2/c1-27-15-4-2-14-12-25(23-16(14)10-15)17-5-3-13(11-22-17)18(26)24-8-6-19(20,21)7-9-24/h2-5,10-12H,6-9H2,1H3. The van der Waals surface area contributed by atoms with E-state index in [1.165, 1.54) is 11.1 Å². The number of carbonyl (C=O) groups is 1. The fraction of sp³-hybridized carbons (Fsp3) is 0.316. The Morgan fingerprint density at radius 3 is 2.63 bits per heavy atom. The van der Waals surface area contributed by atoms with E-state index < -0.39 is 5.92 Å². The number of fused-ring (bicyclic) bond motifs is 1. The molecule has 0 atom stereocenters. The monoisotopic (exact) mass is 372 g/mol. The van der Waals surface area contributed by atoms with Gasteiger partial charge in [-0.2, -0.15) is 5.10 Å². The van der Waals surface area contributed by atoms with Crippen molar-refractivity contribution in [2.75, 3.05) is 20.2 Å². The van der Waals surface area contributed by atoms with Crippen LogP contribution in [-0.4, -0.2) is 51.7 Å². The van der Waals surface area contributed by atoms with Gasteiger partial charge >= 0.3 is 0 Å². The maximum Gasteiger partial charge on any atom is 0.255 e. The lowest BCUT2D eigenvalue weighted by molar-refractivity contribution is -0.0494. The molecule has 0 saturated carbocycles. The number of piperidine rings is 1. The molecule has 0 aliphatic carbocycles. The van der Waals surface area contributed by atoms with Gasteiger partial charge in [0.2, 0.25) is 0 Å². The molecule has 2 aromatic heterocycles. The molecule has 1 aliphatic rings. The van der Waals surface area contributed by atoms with Crippen LogP contribution in [0.15, 0.2) is 42.7 Å². The predicted octanol–water partition coefficient (Wildman–Crippen LogP) is 3.30. The summed E-state index contributed by atoms with van der Waals surface area (Å²) in [6.07, 6.45) is 2.70. The van der Waals surface area contributed by atoms with E-state index in [0.29, 0.717) is 17.1 Å². The lowest BCUT2D eigenvalue weighted by Crippen LogP contribution is -2.42. The number of carbonyl (C=O) groups excluding carboxylic acids is 1. The number of nitrogens with zero attached hydrogens (tertiary/aromatic N) is 4. The second-order valence-electron chi connectivity index (χ2n) is 6.55. The maximum absolute atomic E-state index is 13.3. The molecular formula is C19H18F2N4O2. The van der Waals surface area contributed by atoms with Crippen LogP contribution < -0.4 is 4.74 Å². The van der Waals surface area contributed by atoms with Crippen LogP contribution in [0.2, 0.25) is 0 Å². The number of alkyl halides is 2. The van der Waals surface area contributed by atoms with E-state index in [9.17, 15) is 13.6 Å². The van der Waals surface area contributed by atoms with Crippen molar-refractivity contribution in [1.29, 1.82) is 0 Å². The minimum Gasteiger partial charge on any atom is -0.497 e. The van der Waals surface area contributed by atoms with Gasteiger partial charge in [0.15, 0.2) is 5.82 Å². The molecule has 0 spiro atoms. The third kappa shape index (κ3) is 3.47. The molecule has 1 amide bonds. The summed E-state index contributed by atoms with van der Waals surface area (Å²) in [6, 6.07) is 8.92. The van der Waals surface area contributed by atoms with E-state index >= 15 is 0 Å². The molecular weight excluding hydrogens is 354 g/mol. The Balaban J connectivity index is 1.53. The third-order valence-electron chi connectivity index (χ3n) is 4.73. The number of pyridine rings is 1. The Morgan fingerprint density at radius 2 is 1.96 bits per heavy atom. The number of methoxy groups -OCH3 is 1. The second kappa shape index (κ2) is 6.61. The highest BCUT2D eigenvalue weighted by Gasteiger charge is 2.35. The molecule has 4 rings (SSSR count). The van der Waals surface area contributed by atoms with Crippen molar-refractivity contribution in [3.8, 4) is 11.6 Å². The predicted molar refractivity (Wildman–Crippen MR) is 95.5 cm³/mol. The van der Waals surface area contributed by atoms with E-state index in [4.69, 9.17) is 4.74 Å². The van der Waals surface area contributed by atoms with Gasteiger partial charge in [0.05, 0.1) is 18.2 Å². The molecule has 0 radical (unpaired) electrons. The number of amides is 1. The number of aromatic nitrogens is 3. The largest absolute Gasteiger partial charge is 0.497 e. The van der Waals surface area contributed by atoms with Crippen molar-refractivity contribution in [2.24, 2.45) is 0 Å². The summed E-state index contributed by atoms with van der Waals surface area (Å²) in [5.74, 6) is -1.68. The van der Waals surface area contributed by atoms with Crippen LogP contribution in [0.3, 0.4) is 0 Å². The van der Waals surface area contributed by atoms with Crippen molar-refractivity contribution in [3.05, 3.63) is 48.3 Å². The highest BCUT2D eigenvalue weighted by atomic mass is 19.3. The summed E-state index contributed by atoms with van der Waals surface area (Å²) in [5.41, 5.74) is 1.15. The Labute approximate surface area is 154 Å². The minimum absolute atomic E-state index is 0.0555. The zero-order chi connectivity index (χ0) is 19.0. The van der Waals surface area contributed by atoms with E-state index in [1.807, 2.05) is 24.4 Å². The van der Waals surface area contributed by atoms with Gasteiger partial charge in [-0.1, -0.05) is 0 Å². The van der Waals surface area contributed by atoms with Crippen LogP contribution in [0.25, 0.3) is 16.7 Å². The SMILES string of the molecule is COc1ccc2cn(-c3ccc(C(=O)N4CCC(F)(F)CC4)cn3)nc2c1. The fourth-order valence-corrected chi connectivity index (χ4v) is 3.11. The van der Waals surface area contributed by atoms with E-state index in [0.717, 1.165) is 10.9 Å². The van der Waals surface area contributed by atoms with E-state index in [1.54, 1.807) is 23.9 Å². The normalized spacial score (nSPS) is 16.5. The van der Waals surface area contributed by atoms with Crippen LogP contribution in [0.4, 0.5) is 8.78 Å². The van der Waals surface area contributed by atoms with Crippen LogP contribution in [0.5, 0.6) is 5.75 Å². The molecule has 3 aromatic rings. The molecule has 0 bridgehead atoms. The Hall–Kier alpha value is -3.03. The smallest absolute Gasteiger partial charge is 0.255 e. The first-order valence-electron chi connectivity index (χ1n) is 8.62. The summed E-state index contributed by atoms with van der Waals surface area (Å²) in [6.45, 7) is 0.111. The van der Waals surface area contributed by atoms with Crippen molar-refractivity contribution in [3.63, 3.8) is 0 Å². The molecule has 0 N–H and O–H groups in total. The maximum atomic E-state index is 13.3. The first-order valence-corrected chi connectivity index (χ1v) is 8.62. The zero-order valence-electron chi connectivity index (χ0n) is 14.7. The fourth-order valence-electron chi connectivity index (χ4n) is 3.11. The van der Waals surface area contributed by atoms with Crippen LogP contribution in [-0.2, 0) is 0 Å². The third-order valence-corrected chi connectivity index (χ3v) is 4.73. The van der Waals surface area contributed by atoms with Gasteiger partial charge in [-0.3, -0.25) is 4.79 Å². The van der Waals surface area contributed by atoms with E-state index in [-0.39, 0.29) is 31.8 Å². The topological polar surface area (TPSA) is 60.2 Å². The van der Waals surface area contributed by atoms with Gasteiger partial charge in [0.25, 0.3) is 11.8 Å². The molecule has 1 fully saturated rings. The summed E-state index contributed by atoms with van der Waals surface area (Å²) in [5, 5.41) is 5.40. The number of likely N-dealkylation sites (tertiary alicyclic amines) is 1. The van der Waals surface area contributed by atoms with Crippen LogP contribution >= 0.6 is 0 Å². The van der Waals surface area contributed by atoms with Crippen LogP contribution in [0, 0.1) is 0 Å². The van der Waals surface area contributed by atoms with Gasteiger partial charge < -0.3 is 9.64 Å². The first-order chi connectivity index (χ1) is 12.9. The summed E-state index contributed by atoms with van der Waals surface area (Å²) >= 11 is 0. The van der Waals surface area contributed by atoms with Gasteiger partial charge in [-0.15, -0.1) is 0 Å². The number of rotatable bonds is 3. The number of hydrogen-bond acceptors (Lipinski definition) is 4. The van der Waals surface area contributed by atoms with Gasteiger partial charge in [-0.05, 0) is 24.3 Å². The average molecular weight is 372 g/mol. The molecule has 3 heterocycles. The quantitative estimate of drug-likeness (QED) is 0.708. The van der Waals surface area contributed by atoms with Crippen molar-refractivity contribution >= 4 is 16.8 Å². The van der Waals surface area contributed by atoms with Gasteiger partial charge in [-0.25, -0.2) is 18.4 Å². The summed E-state index contributed by atoms with van der Waals surface area (Å²) in [4.78, 5) is 18.2. The summed E-state index contributed by atoms with van der Waals surface area (Å²) < 4.78 is 33.3. The van der Waals surface area contributed by atoms with Gasteiger partial charge in [0, 0.05) is 49.8 Å². The zero-order valence-corrected chi connectivity index (χ0v) is 14.7. The Morgan fingerprint density at radius 1 is 1.19 bits per heavy atom. The van der Waals surface area contributed by atoms with E-state index in [2.05, 4.69) is 10.1 Å². The van der Waals surface area contributed by atoms with Crippen molar-refractivity contribution in [2.45, 2.75) is 18.8 Å². The van der Waals surface area contributed by atoms with Crippen LogP contribution in [0.1, 0.15) is 23.2 Å².